The largest absolute Gasteiger partial charge is 0.390 e. The van der Waals surface area contributed by atoms with E-state index < -0.39 is 6.10 Å². The van der Waals surface area contributed by atoms with Gasteiger partial charge in [0.05, 0.1) is 6.10 Å². The second kappa shape index (κ2) is 5.73. The van der Waals surface area contributed by atoms with Gasteiger partial charge in [0.15, 0.2) is 0 Å². The maximum atomic E-state index is 9.42. The third kappa shape index (κ3) is 3.53. The normalized spacial score (nSPS) is 12.5. The van der Waals surface area contributed by atoms with Gasteiger partial charge in [-0.2, -0.15) is 0 Å². The van der Waals surface area contributed by atoms with Crippen LogP contribution in [-0.4, -0.2) is 31.3 Å². The van der Waals surface area contributed by atoms with E-state index in [2.05, 4.69) is 31.2 Å². The molecule has 0 saturated heterocycles. The van der Waals surface area contributed by atoms with E-state index >= 15 is 0 Å². The molecule has 0 aromatic heterocycles. The van der Waals surface area contributed by atoms with Gasteiger partial charge in [0.1, 0.15) is 0 Å². The molecule has 0 aliphatic rings. The number of likely N-dealkylation sites (N-methyl/N-ethyl adjacent to an activating group) is 1. The third-order valence-corrected chi connectivity index (χ3v) is 2.54. The van der Waals surface area contributed by atoms with Crippen LogP contribution < -0.4 is 10.6 Å². The number of hydrogen-bond acceptors (Lipinski definition) is 3. The molecular weight excluding hydrogens is 188 g/mol. The molecule has 0 heterocycles. The van der Waals surface area contributed by atoms with Gasteiger partial charge in [-0.3, -0.25) is 0 Å². The summed E-state index contributed by atoms with van der Waals surface area (Å²) in [6, 6.07) is 8.37. The highest BCUT2D eigenvalue weighted by molar-refractivity contribution is 5.46. The molecule has 0 spiro atoms. The van der Waals surface area contributed by atoms with Crippen molar-refractivity contribution in [3.05, 3.63) is 29.8 Å². The molecule has 1 unspecified atom stereocenters. The number of aryl methyl sites for hydroxylation is 1. The molecule has 1 aromatic rings. The molecule has 1 rings (SSSR count). The number of benzene rings is 1. The molecule has 0 aliphatic carbocycles. The second-order valence-corrected chi connectivity index (χ2v) is 3.79. The summed E-state index contributed by atoms with van der Waals surface area (Å²) in [5.41, 5.74) is 7.80. The van der Waals surface area contributed by atoms with Gasteiger partial charge in [0, 0.05) is 25.8 Å². The summed E-state index contributed by atoms with van der Waals surface area (Å²) < 4.78 is 0. The topological polar surface area (TPSA) is 49.5 Å². The summed E-state index contributed by atoms with van der Waals surface area (Å²) in [7, 11) is 1.96. The Morgan fingerprint density at radius 2 is 1.93 bits per heavy atom. The fourth-order valence-corrected chi connectivity index (χ4v) is 1.48. The lowest BCUT2D eigenvalue weighted by molar-refractivity contribution is 0.189. The van der Waals surface area contributed by atoms with Crippen molar-refractivity contribution in [1.82, 2.24) is 0 Å². The van der Waals surface area contributed by atoms with E-state index in [0.717, 1.165) is 12.1 Å². The molecule has 15 heavy (non-hydrogen) atoms. The van der Waals surface area contributed by atoms with E-state index in [-0.39, 0.29) is 0 Å². The van der Waals surface area contributed by atoms with E-state index in [1.165, 1.54) is 5.56 Å². The zero-order chi connectivity index (χ0) is 11.3. The number of hydrogen-bond donors (Lipinski definition) is 2. The Kier molecular flexibility index (Phi) is 4.59. The minimum Gasteiger partial charge on any atom is -0.390 e. The summed E-state index contributed by atoms with van der Waals surface area (Å²) in [4.78, 5) is 2.01. The molecule has 1 aromatic carbocycles. The maximum Gasteiger partial charge on any atom is 0.0836 e. The lowest BCUT2D eigenvalue weighted by Crippen LogP contribution is -2.34. The van der Waals surface area contributed by atoms with Crippen molar-refractivity contribution in [1.29, 1.82) is 0 Å². The highest BCUT2D eigenvalue weighted by Gasteiger charge is 2.06. The van der Waals surface area contributed by atoms with Crippen LogP contribution in [0.4, 0.5) is 5.69 Å². The van der Waals surface area contributed by atoms with Crippen molar-refractivity contribution in [2.24, 2.45) is 5.73 Å². The monoisotopic (exact) mass is 208 g/mol. The lowest BCUT2D eigenvalue weighted by Gasteiger charge is -2.22. The van der Waals surface area contributed by atoms with Gasteiger partial charge in [-0.05, 0) is 24.1 Å². The summed E-state index contributed by atoms with van der Waals surface area (Å²) in [6.07, 6.45) is 0.593. The molecule has 3 nitrogen and oxygen atoms in total. The Labute approximate surface area is 91.5 Å². The van der Waals surface area contributed by atoms with Gasteiger partial charge in [-0.15, -0.1) is 0 Å². The van der Waals surface area contributed by atoms with Gasteiger partial charge in [-0.25, -0.2) is 0 Å². The first-order valence-electron chi connectivity index (χ1n) is 5.35. The fourth-order valence-electron chi connectivity index (χ4n) is 1.48. The van der Waals surface area contributed by atoms with Crippen molar-refractivity contribution < 1.29 is 5.11 Å². The third-order valence-electron chi connectivity index (χ3n) is 2.54. The number of nitrogens with two attached hydrogens (primary N) is 1. The Bertz CT molecular complexity index is 284. The Hall–Kier alpha value is -1.06. The van der Waals surface area contributed by atoms with Crippen molar-refractivity contribution in [2.75, 3.05) is 25.0 Å². The van der Waals surface area contributed by atoms with Crippen molar-refractivity contribution in [3.8, 4) is 0 Å². The molecule has 1 atom stereocenters. The standard InChI is InChI=1S/C12H20N2O/c1-3-10-4-6-11(7-5-10)14(2)9-12(15)8-13/h4-7,12,15H,3,8-9,13H2,1-2H3. The van der Waals surface area contributed by atoms with Gasteiger partial charge in [0.25, 0.3) is 0 Å². The van der Waals surface area contributed by atoms with Crippen LogP contribution in [-0.2, 0) is 6.42 Å². The minimum atomic E-state index is -0.458. The fraction of sp³-hybridized carbons (Fsp3) is 0.500. The molecule has 0 fully saturated rings. The van der Waals surface area contributed by atoms with E-state index in [0.29, 0.717) is 13.1 Å². The molecule has 0 radical (unpaired) electrons. The summed E-state index contributed by atoms with van der Waals surface area (Å²) in [6.45, 7) is 3.01. The molecule has 0 aliphatic heterocycles. The molecule has 0 amide bonds. The average Bonchev–Trinajstić information content (AvgIpc) is 2.29. The Balaban J connectivity index is 2.61. The zero-order valence-corrected chi connectivity index (χ0v) is 9.48. The minimum absolute atomic E-state index is 0.303. The van der Waals surface area contributed by atoms with Crippen LogP contribution >= 0.6 is 0 Å². The van der Waals surface area contributed by atoms with Gasteiger partial charge >= 0.3 is 0 Å². The quantitative estimate of drug-likeness (QED) is 0.759. The molecule has 3 heteroatoms. The van der Waals surface area contributed by atoms with Gasteiger partial charge < -0.3 is 15.7 Å². The number of nitrogens with zero attached hydrogens (tertiary/aromatic N) is 1. The number of aliphatic hydroxyl groups is 1. The molecule has 0 bridgehead atoms. The van der Waals surface area contributed by atoms with Gasteiger partial charge in [-0.1, -0.05) is 19.1 Å². The smallest absolute Gasteiger partial charge is 0.0836 e. The van der Waals surface area contributed by atoms with Crippen molar-refractivity contribution >= 4 is 5.69 Å². The Morgan fingerprint density at radius 1 is 1.33 bits per heavy atom. The van der Waals surface area contributed by atoms with E-state index in [4.69, 9.17) is 5.73 Å². The van der Waals surface area contributed by atoms with Crippen molar-refractivity contribution in [2.45, 2.75) is 19.4 Å². The summed E-state index contributed by atoms with van der Waals surface area (Å²) in [5.74, 6) is 0. The van der Waals surface area contributed by atoms with Crippen LogP contribution in [0.25, 0.3) is 0 Å². The average molecular weight is 208 g/mol. The van der Waals surface area contributed by atoms with E-state index in [9.17, 15) is 5.11 Å². The predicted octanol–water partition coefficient (Wildman–Crippen LogP) is 1.00. The van der Waals surface area contributed by atoms with Crippen LogP contribution in [0.15, 0.2) is 24.3 Å². The van der Waals surface area contributed by atoms with Crippen LogP contribution in [0.1, 0.15) is 12.5 Å². The van der Waals surface area contributed by atoms with Crippen LogP contribution in [0, 0.1) is 0 Å². The Morgan fingerprint density at radius 3 is 2.40 bits per heavy atom. The number of anilines is 1. The molecule has 0 saturated carbocycles. The van der Waals surface area contributed by atoms with Crippen molar-refractivity contribution in [3.63, 3.8) is 0 Å². The second-order valence-electron chi connectivity index (χ2n) is 3.79. The lowest BCUT2D eigenvalue weighted by atomic mass is 10.1. The van der Waals surface area contributed by atoms with E-state index in [1.54, 1.807) is 0 Å². The SMILES string of the molecule is CCc1ccc(N(C)CC(O)CN)cc1. The van der Waals surface area contributed by atoms with Gasteiger partial charge in [0.2, 0.25) is 0 Å². The molecule has 84 valence electrons. The number of rotatable bonds is 5. The first kappa shape index (κ1) is 12.0. The predicted molar refractivity (Wildman–Crippen MR) is 64.2 cm³/mol. The first-order valence-corrected chi connectivity index (χ1v) is 5.35. The molecular formula is C12H20N2O. The van der Waals surface area contributed by atoms with E-state index in [1.807, 2.05) is 11.9 Å². The van der Waals surface area contributed by atoms with Crippen LogP contribution in [0.5, 0.6) is 0 Å². The number of aliphatic hydroxyl groups excluding tert-OH is 1. The highest BCUT2D eigenvalue weighted by Crippen LogP contribution is 2.14. The summed E-state index contributed by atoms with van der Waals surface area (Å²) >= 11 is 0. The maximum absolute atomic E-state index is 9.42. The first-order chi connectivity index (χ1) is 7.17. The summed E-state index contributed by atoms with van der Waals surface area (Å²) in [5, 5.41) is 9.42. The molecule has 3 N–H and O–H groups in total. The zero-order valence-electron chi connectivity index (χ0n) is 9.48. The van der Waals surface area contributed by atoms with Crippen LogP contribution in [0.2, 0.25) is 0 Å². The highest BCUT2D eigenvalue weighted by atomic mass is 16.3. The van der Waals surface area contributed by atoms with Crippen LogP contribution in [0.3, 0.4) is 0 Å².